The molecule has 0 aliphatic rings. The van der Waals surface area contributed by atoms with Gasteiger partial charge >= 0.3 is 13.5 Å². The molecule has 4 nitrogen and oxygen atoms in total. The maximum absolute atomic E-state index is 12.0. The number of ether oxygens (including phenoxy) is 1. The first-order chi connectivity index (χ1) is 14.5. The van der Waals surface area contributed by atoms with Crippen molar-refractivity contribution in [3.05, 3.63) is 41.0 Å². The van der Waals surface area contributed by atoms with Crippen LogP contribution < -0.4 is 5.46 Å². The van der Waals surface area contributed by atoms with Gasteiger partial charge in [-0.15, -0.1) is 6.42 Å². The van der Waals surface area contributed by atoms with Crippen LogP contribution in [0.4, 0.5) is 0 Å². The third-order valence-electron chi connectivity index (χ3n) is 5.36. The number of nitrogens with zero attached hydrogens (tertiary/aromatic N) is 1. The predicted molar refractivity (Wildman–Crippen MR) is 135 cm³/mol. The Labute approximate surface area is 190 Å². The summed E-state index contributed by atoms with van der Waals surface area (Å²) < 4.78 is 10.8. The van der Waals surface area contributed by atoms with Crippen molar-refractivity contribution in [2.75, 3.05) is 14.2 Å². The number of terminal acetylenes is 1. The Bertz CT molecular complexity index is 867. The second-order valence-electron chi connectivity index (χ2n) is 7.92. The van der Waals surface area contributed by atoms with Crippen LogP contribution >= 0.6 is 0 Å². The van der Waals surface area contributed by atoms with Crippen LogP contribution in [0.1, 0.15) is 66.5 Å². The van der Waals surface area contributed by atoms with E-state index in [1.807, 2.05) is 45.9 Å². The van der Waals surface area contributed by atoms with E-state index in [4.69, 9.17) is 15.8 Å². The zero-order valence-electron chi connectivity index (χ0n) is 20.8. The number of aliphatic imine (C=N–C) groups is 1. The summed E-state index contributed by atoms with van der Waals surface area (Å²) in [6.45, 7) is 16.2. The van der Waals surface area contributed by atoms with Crippen molar-refractivity contribution in [2.24, 2.45) is 10.9 Å². The van der Waals surface area contributed by atoms with Gasteiger partial charge in [0, 0.05) is 12.6 Å². The topological polar surface area (TPSA) is 47.9 Å². The summed E-state index contributed by atoms with van der Waals surface area (Å²) in [5, 5.41) is 0. The van der Waals surface area contributed by atoms with E-state index < -0.39 is 5.97 Å². The molecule has 0 fully saturated rings. The van der Waals surface area contributed by atoms with E-state index in [1.54, 1.807) is 20.7 Å². The number of rotatable bonds is 7. The van der Waals surface area contributed by atoms with Gasteiger partial charge in [0.05, 0.1) is 7.11 Å². The fourth-order valence-corrected chi connectivity index (χ4v) is 2.36. The Morgan fingerprint density at radius 1 is 1.23 bits per heavy atom. The smallest absolute Gasteiger partial charge is 0.346 e. The number of benzene rings is 1. The molecule has 0 heterocycles. The van der Waals surface area contributed by atoms with Crippen LogP contribution in [0.15, 0.2) is 34.8 Å². The third-order valence-corrected chi connectivity index (χ3v) is 5.36. The second-order valence-corrected chi connectivity index (χ2v) is 7.92. The van der Waals surface area contributed by atoms with Gasteiger partial charge in [-0.25, -0.2) is 4.79 Å². The van der Waals surface area contributed by atoms with Gasteiger partial charge in [0.15, 0.2) is 0 Å². The molecular formula is C26H37BNO3. The van der Waals surface area contributed by atoms with Gasteiger partial charge in [0.2, 0.25) is 0 Å². The van der Waals surface area contributed by atoms with Gasteiger partial charge in [-0.05, 0) is 75.9 Å². The molecule has 0 atom stereocenters. The molecule has 0 saturated carbocycles. The average molecular weight is 422 g/mol. The van der Waals surface area contributed by atoms with Gasteiger partial charge in [0.1, 0.15) is 5.57 Å². The molecular weight excluding hydrogens is 385 g/mol. The van der Waals surface area contributed by atoms with Gasteiger partial charge in [-0.1, -0.05) is 49.5 Å². The van der Waals surface area contributed by atoms with Crippen LogP contribution in [0, 0.1) is 18.3 Å². The van der Waals surface area contributed by atoms with E-state index in [1.165, 1.54) is 7.11 Å². The Morgan fingerprint density at radius 3 is 2.23 bits per heavy atom. The maximum atomic E-state index is 12.0. The first kappa shape index (κ1) is 28.4. The Balaban J connectivity index is 0.00000206. The molecule has 31 heavy (non-hydrogen) atoms. The predicted octanol–water partition coefficient (Wildman–Crippen LogP) is 5.09. The largest absolute Gasteiger partial charge is 0.465 e. The first-order valence-corrected chi connectivity index (χ1v) is 10.4. The Morgan fingerprint density at radius 2 is 1.81 bits per heavy atom. The van der Waals surface area contributed by atoms with Crippen LogP contribution in [-0.4, -0.2) is 39.4 Å². The molecule has 1 rings (SSSR count). The zero-order valence-corrected chi connectivity index (χ0v) is 20.8. The first-order valence-electron chi connectivity index (χ1n) is 10.4. The van der Waals surface area contributed by atoms with Gasteiger partial charge < -0.3 is 14.4 Å². The monoisotopic (exact) mass is 422 g/mol. The van der Waals surface area contributed by atoms with Gasteiger partial charge in [0.25, 0.3) is 0 Å². The highest BCUT2D eigenvalue weighted by atomic mass is 16.5. The lowest BCUT2D eigenvalue weighted by Crippen LogP contribution is -2.36. The van der Waals surface area contributed by atoms with Gasteiger partial charge in [-0.3, -0.25) is 0 Å². The molecule has 0 saturated heterocycles. The molecule has 1 aromatic carbocycles. The van der Waals surface area contributed by atoms with Crippen molar-refractivity contribution >= 4 is 36.3 Å². The van der Waals surface area contributed by atoms with E-state index >= 15 is 0 Å². The molecule has 0 N–H and O–H groups in total. The van der Waals surface area contributed by atoms with Crippen molar-refractivity contribution in [3.63, 3.8) is 0 Å². The van der Waals surface area contributed by atoms with E-state index in [0.717, 1.165) is 27.7 Å². The number of methoxy groups -OCH3 is 1. The minimum atomic E-state index is -0.503. The average Bonchev–Trinajstić information content (AvgIpc) is 2.77. The molecule has 167 valence electrons. The Hall–Kier alpha value is -2.58. The number of hydrogen-bond donors (Lipinski definition) is 0. The summed E-state index contributed by atoms with van der Waals surface area (Å²) in [4.78, 5) is 15.6. The lowest BCUT2D eigenvalue weighted by molar-refractivity contribution is -0.135. The summed E-state index contributed by atoms with van der Waals surface area (Å²) in [5.74, 6) is 2.34. The molecule has 0 spiro atoms. The summed E-state index contributed by atoms with van der Waals surface area (Å²) in [6, 6.07) is 5.98. The molecule has 5 heteroatoms. The highest BCUT2D eigenvalue weighted by Gasteiger charge is 2.23. The van der Waals surface area contributed by atoms with Crippen molar-refractivity contribution in [3.8, 4) is 12.3 Å². The highest BCUT2D eigenvalue weighted by molar-refractivity contribution is 6.47. The minimum absolute atomic E-state index is 0.233. The van der Waals surface area contributed by atoms with Crippen LogP contribution in [0.3, 0.4) is 0 Å². The summed E-state index contributed by atoms with van der Waals surface area (Å²) in [6.07, 6.45) is 9.33. The number of hydrogen-bond acceptors (Lipinski definition) is 4. The summed E-state index contributed by atoms with van der Waals surface area (Å²) in [5.41, 5.74) is 4.65. The van der Waals surface area contributed by atoms with Crippen LogP contribution in [0.5, 0.6) is 0 Å². The maximum Gasteiger partial charge on any atom is 0.346 e. The van der Waals surface area contributed by atoms with Gasteiger partial charge in [-0.2, -0.15) is 0 Å². The molecule has 0 aliphatic carbocycles. The van der Waals surface area contributed by atoms with Crippen molar-refractivity contribution in [1.82, 2.24) is 0 Å². The quantitative estimate of drug-likeness (QED) is 0.202. The lowest BCUT2D eigenvalue weighted by atomic mass is 9.80. The molecule has 0 aromatic heterocycles. The Kier molecular flexibility index (Phi) is 12.5. The summed E-state index contributed by atoms with van der Waals surface area (Å²) >= 11 is 0. The standard InChI is InChI=1S/C23H30BO3.C3H7N/c1-10-16(5)21-14-18(24-27-23(7,8)15(3)4)12-13-20(21)17(6)19(11-2)22(25)26-9;1-3-4-2/h2,10,12-15H,1,3-9H3;3H,1-2H3/b16-10-,19-17+;. The molecule has 0 aliphatic heterocycles. The van der Waals surface area contributed by atoms with Crippen LogP contribution in [0.2, 0.25) is 0 Å². The SMILES string of the molecule is C#C/C(C(=O)OC)=C(/C)c1ccc([B]OC(C)(C)C(C)C)cc1/C(C)=C\C.CC=NC. The fourth-order valence-electron chi connectivity index (χ4n) is 2.36. The highest BCUT2D eigenvalue weighted by Crippen LogP contribution is 2.27. The molecule has 1 aromatic rings. The van der Waals surface area contributed by atoms with E-state index in [-0.39, 0.29) is 11.2 Å². The third kappa shape index (κ3) is 8.59. The normalized spacial score (nSPS) is 12.6. The van der Waals surface area contributed by atoms with Crippen LogP contribution in [0.25, 0.3) is 11.1 Å². The number of carbonyl (C=O) groups is 1. The van der Waals surface area contributed by atoms with E-state index in [2.05, 4.69) is 44.7 Å². The van der Waals surface area contributed by atoms with Crippen molar-refractivity contribution in [2.45, 2.75) is 61.0 Å². The molecule has 0 unspecified atom stereocenters. The summed E-state index contributed by atoms with van der Waals surface area (Å²) in [7, 11) is 4.87. The number of allylic oxidation sites excluding steroid dienone is 3. The van der Waals surface area contributed by atoms with Crippen molar-refractivity contribution < 1.29 is 14.2 Å². The number of carbonyl (C=O) groups excluding carboxylic acids is 1. The van der Waals surface area contributed by atoms with Crippen molar-refractivity contribution in [1.29, 1.82) is 0 Å². The zero-order chi connectivity index (χ0) is 24.2. The van der Waals surface area contributed by atoms with E-state index in [9.17, 15) is 4.79 Å². The minimum Gasteiger partial charge on any atom is -0.465 e. The lowest BCUT2D eigenvalue weighted by Gasteiger charge is -2.30. The van der Waals surface area contributed by atoms with E-state index in [0.29, 0.717) is 5.92 Å². The molecule has 0 bridgehead atoms. The molecule has 1 radical (unpaired) electrons. The fraction of sp³-hybridized carbons (Fsp3) is 0.462. The van der Waals surface area contributed by atoms with Crippen LogP contribution in [-0.2, 0) is 14.2 Å². The molecule has 0 amide bonds. The second kappa shape index (κ2) is 13.7. The number of esters is 1.